The number of benzene rings is 1. The number of hydrogen-bond acceptors (Lipinski definition) is 8. The average Bonchev–Trinajstić information content (AvgIpc) is 2.84. The van der Waals surface area contributed by atoms with Crippen molar-refractivity contribution in [2.45, 2.75) is 5.16 Å². The number of nitrogens with one attached hydrogen (secondary N) is 1. The monoisotopic (exact) mass is 510 g/mol. The Morgan fingerprint density at radius 3 is 2.52 bits per heavy atom. The van der Waals surface area contributed by atoms with E-state index in [1.54, 1.807) is 6.07 Å². The number of nitrogens with zero attached hydrogens (tertiary/aromatic N) is 5. The third-order valence-electron chi connectivity index (χ3n) is 5.64. The van der Waals surface area contributed by atoms with Gasteiger partial charge in [-0.15, -0.1) is 0 Å². The van der Waals surface area contributed by atoms with Crippen LogP contribution in [0.5, 0.6) is 0 Å². The minimum absolute atomic E-state index is 0.0354. The predicted molar refractivity (Wildman–Crippen MR) is 134 cm³/mol. The molecule has 33 heavy (non-hydrogen) atoms. The lowest BCUT2D eigenvalue weighted by atomic mass is 10.2. The van der Waals surface area contributed by atoms with Crippen molar-refractivity contribution in [2.75, 3.05) is 81.1 Å². The number of carbonyl (C=O) groups is 1. The van der Waals surface area contributed by atoms with E-state index in [0.29, 0.717) is 16.9 Å². The molecule has 0 aliphatic carbocycles. The van der Waals surface area contributed by atoms with Gasteiger partial charge in [-0.05, 0) is 12.1 Å². The van der Waals surface area contributed by atoms with Gasteiger partial charge in [-0.3, -0.25) is 9.69 Å². The van der Waals surface area contributed by atoms with E-state index in [9.17, 15) is 4.79 Å². The van der Waals surface area contributed by atoms with Gasteiger partial charge in [-0.1, -0.05) is 47.1 Å². The van der Waals surface area contributed by atoms with E-state index in [1.807, 2.05) is 24.3 Å². The van der Waals surface area contributed by atoms with Crippen molar-refractivity contribution in [3.8, 4) is 0 Å². The van der Waals surface area contributed by atoms with Crippen LogP contribution in [-0.4, -0.2) is 92.1 Å². The van der Waals surface area contributed by atoms with Gasteiger partial charge in [0.2, 0.25) is 5.91 Å². The van der Waals surface area contributed by atoms with Crippen molar-refractivity contribution < 1.29 is 9.53 Å². The van der Waals surface area contributed by atoms with Gasteiger partial charge in [0.05, 0.1) is 29.7 Å². The summed E-state index contributed by atoms with van der Waals surface area (Å²) in [6.45, 7) is 8.05. The molecule has 178 valence electrons. The van der Waals surface area contributed by atoms with Crippen LogP contribution in [0.4, 0.5) is 11.5 Å². The molecule has 0 radical (unpaired) electrons. The maximum absolute atomic E-state index is 12.2. The number of morpholine rings is 1. The second-order valence-corrected chi connectivity index (χ2v) is 9.59. The molecule has 1 aromatic carbocycles. The lowest BCUT2D eigenvalue weighted by Crippen LogP contribution is -2.47. The molecule has 1 aromatic heterocycles. The van der Waals surface area contributed by atoms with Crippen LogP contribution in [0.25, 0.3) is 0 Å². The molecule has 8 nitrogen and oxygen atoms in total. The molecule has 1 N–H and O–H groups in total. The molecule has 0 unspecified atom stereocenters. The summed E-state index contributed by atoms with van der Waals surface area (Å²) in [5.41, 5.74) is 1.05. The van der Waals surface area contributed by atoms with Crippen LogP contribution >= 0.6 is 35.0 Å². The molecule has 2 aliphatic rings. The van der Waals surface area contributed by atoms with E-state index in [0.717, 1.165) is 75.6 Å². The SMILES string of the molecule is O=C(CSc1nc(Cl)cc(N2CCN(c3ccccc3Cl)CC2)n1)NCCN1CCOCC1. The highest BCUT2D eigenvalue weighted by Crippen LogP contribution is 2.28. The first-order valence-electron chi connectivity index (χ1n) is 11.1. The quantitative estimate of drug-likeness (QED) is 0.330. The van der Waals surface area contributed by atoms with Gasteiger partial charge in [-0.25, -0.2) is 9.97 Å². The fourth-order valence-corrected chi connectivity index (χ4v) is 5.02. The summed E-state index contributed by atoms with van der Waals surface area (Å²) < 4.78 is 5.34. The normalized spacial score (nSPS) is 17.3. The molecular formula is C22H28Cl2N6O2S. The zero-order chi connectivity index (χ0) is 23.0. The number of rotatable bonds is 8. The first-order chi connectivity index (χ1) is 16.1. The second-order valence-electron chi connectivity index (χ2n) is 7.85. The Balaban J connectivity index is 1.25. The highest BCUT2D eigenvalue weighted by atomic mass is 35.5. The number of thioether (sulfide) groups is 1. The molecule has 1 amide bonds. The Morgan fingerprint density at radius 2 is 1.76 bits per heavy atom. The van der Waals surface area contributed by atoms with E-state index in [1.165, 1.54) is 11.8 Å². The summed E-state index contributed by atoms with van der Waals surface area (Å²) >= 11 is 13.9. The number of hydrogen-bond donors (Lipinski definition) is 1. The summed E-state index contributed by atoms with van der Waals surface area (Å²) in [4.78, 5) is 27.9. The predicted octanol–water partition coefficient (Wildman–Crippen LogP) is 2.65. The molecule has 2 aromatic rings. The molecule has 3 heterocycles. The molecule has 0 bridgehead atoms. The van der Waals surface area contributed by atoms with Gasteiger partial charge in [0.1, 0.15) is 11.0 Å². The third kappa shape index (κ3) is 7.10. The maximum Gasteiger partial charge on any atom is 0.230 e. The summed E-state index contributed by atoms with van der Waals surface area (Å²) in [5, 5.41) is 4.61. The molecule has 4 rings (SSSR count). The Kier molecular flexibility index (Phi) is 8.91. The lowest BCUT2D eigenvalue weighted by molar-refractivity contribution is -0.118. The summed E-state index contributed by atoms with van der Waals surface area (Å²) in [7, 11) is 0. The first kappa shape index (κ1) is 24.3. The molecule has 2 aliphatic heterocycles. The smallest absolute Gasteiger partial charge is 0.230 e. The van der Waals surface area contributed by atoms with Crippen LogP contribution < -0.4 is 15.1 Å². The van der Waals surface area contributed by atoms with Gasteiger partial charge in [0.15, 0.2) is 5.16 Å². The maximum atomic E-state index is 12.2. The minimum atomic E-state index is -0.0354. The van der Waals surface area contributed by atoms with Gasteiger partial charge >= 0.3 is 0 Å². The number of anilines is 2. The number of piperazine rings is 1. The van der Waals surface area contributed by atoms with Crippen molar-refractivity contribution in [1.82, 2.24) is 20.2 Å². The highest BCUT2D eigenvalue weighted by Gasteiger charge is 2.21. The van der Waals surface area contributed by atoms with Crippen molar-refractivity contribution in [3.05, 3.63) is 40.5 Å². The first-order valence-corrected chi connectivity index (χ1v) is 12.8. The molecule has 11 heteroatoms. The van der Waals surface area contributed by atoms with E-state index in [4.69, 9.17) is 27.9 Å². The number of aromatic nitrogens is 2. The zero-order valence-electron chi connectivity index (χ0n) is 18.4. The number of halogens is 2. The Labute approximate surface area is 208 Å². The van der Waals surface area contributed by atoms with E-state index in [2.05, 4.69) is 30.0 Å². The largest absolute Gasteiger partial charge is 0.379 e. The van der Waals surface area contributed by atoms with E-state index < -0.39 is 0 Å². The molecule has 0 spiro atoms. The van der Waals surface area contributed by atoms with E-state index in [-0.39, 0.29) is 11.7 Å². The molecule has 2 saturated heterocycles. The van der Waals surface area contributed by atoms with Crippen molar-refractivity contribution in [1.29, 1.82) is 0 Å². The highest BCUT2D eigenvalue weighted by molar-refractivity contribution is 7.99. The average molecular weight is 511 g/mol. The van der Waals surface area contributed by atoms with Crippen LogP contribution in [0.2, 0.25) is 10.2 Å². The summed E-state index contributed by atoms with van der Waals surface area (Å²) in [6.07, 6.45) is 0. The van der Waals surface area contributed by atoms with Gasteiger partial charge in [0.25, 0.3) is 0 Å². The van der Waals surface area contributed by atoms with Crippen LogP contribution in [-0.2, 0) is 9.53 Å². The number of amides is 1. The molecule has 2 fully saturated rings. The Hall–Kier alpha value is -1.78. The third-order valence-corrected chi connectivity index (χ3v) is 7.00. The molecule has 0 atom stereocenters. The van der Waals surface area contributed by atoms with Crippen LogP contribution in [0.3, 0.4) is 0 Å². The lowest BCUT2D eigenvalue weighted by Gasteiger charge is -2.37. The van der Waals surface area contributed by atoms with Crippen LogP contribution in [0, 0.1) is 0 Å². The standard InChI is InChI=1S/C22H28Cl2N6O2S/c23-17-3-1-2-4-18(17)29-7-9-30(10-8-29)20-15-19(24)26-22(27-20)33-16-21(31)25-5-6-28-11-13-32-14-12-28/h1-4,15H,5-14,16H2,(H,25,31). The second kappa shape index (κ2) is 12.1. The fraction of sp³-hybridized carbons (Fsp3) is 0.500. The van der Waals surface area contributed by atoms with E-state index >= 15 is 0 Å². The number of ether oxygens (including phenoxy) is 1. The Bertz CT molecular complexity index is 939. The van der Waals surface area contributed by atoms with Crippen molar-refractivity contribution in [3.63, 3.8) is 0 Å². The molecular weight excluding hydrogens is 483 g/mol. The fourth-order valence-electron chi connectivity index (χ4n) is 3.86. The Morgan fingerprint density at radius 1 is 1.03 bits per heavy atom. The summed E-state index contributed by atoms with van der Waals surface area (Å²) in [5.74, 6) is 0.999. The van der Waals surface area contributed by atoms with Gasteiger partial charge < -0.3 is 19.9 Å². The van der Waals surface area contributed by atoms with Crippen LogP contribution in [0.1, 0.15) is 0 Å². The zero-order valence-corrected chi connectivity index (χ0v) is 20.7. The number of carbonyl (C=O) groups excluding carboxylic acids is 1. The minimum Gasteiger partial charge on any atom is -0.379 e. The van der Waals surface area contributed by atoms with Gasteiger partial charge in [-0.2, -0.15) is 0 Å². The molecule has 0 saturated carbocycles. The topological polar surface area (TPSA) is 73.8 Å². The van der Waals surface area contributed by atoms with Crippen LogP contribution in [0.15, 0.2) is 35.5 Å². The number of para-hydroxylation sites is 1. The van der Waals surface area contributed by atoms with Crippen molar-refractivity contribution in [2.24, 2.45) is 0 Å². The summed E-state index contributed by atoms with van der Waals surface area (Å²) in [6, 6.07) is 9.67. The van der Waals surface area contributed by atoms with Crippen molar-refractivity contribution >= 4 is 52.4 Å². The van der Waals surface area contributed by atoms with Gasteiger partial charge in [0, 0.05) is 58.4 Å².